The van der Waals surface area contributed by atoms with Crippen molar-refractivity contribution in [1.82, 2.24) is 0 Å². The van der Waals surface area contributed by atoms with Gasteiger partial charge in [-0.25, -0.2) is 8.42 Å². The molecule has 0 aliphatic rings. The maximum atomic E-state index is 13.6. The third-order valence-corrected chi connectivity index (χ3v) is 7.22. The van der Waals surface area contributed by atoms with Crippen LogP contribution in [-0.2, 0) is 14.8 Å². The number of aryl methyl sites for hydroxylation is 1. The lowest BCUT2D eigenvalue weighted by molar-refractivity contribution is -0.116. The third-order valence-electron chi connectivity index (χ3n) is 4.83. The zero-order chi connectivity index (χ0) is 22.6. The van der Waals surface area contributed by atoms with Crippen LogP contribution in [0.2, 0.25) is 0 Å². The fourth-order valence-electron chi connectivity index (χ4n) is 2.99. The minimum Gasteiger partial charge on any atom is -0.496 e. The van der Waals surface area contributed by atoms with Gasteiger partial charge in [0.25, 0.3) is 10.0 Å². The molecule has 0 N–H and O–H groups in total. The molecule has 0 aromatic heterocycles. The van der Waals surface area contributed by atoms with Gasteiger partial charge in [0, 0.05) is 12.7 Å². The van der Waals surface area contributed by atoms with Crippen LogP contribution in [0.1, 0.15) is 5.56 Å². The number of para-hydroxylation sites is 1. The molecule has 0 fully saturated rings. The van der Waals surface area contributed by atoms with E-state index in [1.165, 1.54) is 24.1 Å². The Labute approximate surface area is 191 Å². The zero-order valence-electron chi connectivity index (χ0n) is 17.4. The Morgan fingerprint density at radius 3 is 2.19 bits per heavy atom. The molecule has 3 rings (SSSR count). The van der Waals surface area contributed by atoms with Crippen LogP contribution in [0, 0.1) is 6.92 Å². The van der Waals surface area contributed by atoms with E-state index in [1.807, 2.05) is 37.3 Å². The Balaban J connectivity index is 2.01. The first-order valence-electron chi connectivity index (χ1n) is 9.48. The largest absolute Gasteiger partial charge is 0.496 e. The highest BCUT2D eigenvalue weighted by molar-refractivity contribution is 9.10. The number of carbonyl (C=O) groups excluding carboxylic acids is 1. The Morgan fingerprint density at radius 1 is 0.968 bits per heavy atom. The van der Waals surface area contributed by atoms with Gasteiger partial charge in [0.2, 0.25) is 5.91 Å². The standard InChI is InChI=1S/C23H23BrN2O4S/c1-17-9-11-19(12-10-17)26(16-23(27)25(2)18-7-5-4-6-8-18)31(28,29)20-13-14-22(30-3)21(24)15-20/h4-15H,16H2,1-3H3. The lowest BCUT2D eigenvalue weighted by Gasteiger charge is -2.27. The van der Waals surface area contributed by atoms with E-state index in [0.29, 0.717) is 21.6 Å². The van der Waals surface area contributed by atoms with Crippen LogP contribution < -0.4 is 13.9 Å². The van der Waals surface area contributed by atoms with Crippen LogP contribution in [0.4, 0.5) is 11.4 Å². The predicted octanol–water partition coefficient (Wildman–Crippen LogP) is 4.62. The van der Waals surface area contributed by atoms with Crippen LogP contribution in [0.15, 0.2) is 82.2 Å². The normalized spacial score (nSPS) is 11.1. The number of halogens is 1. The molecule has 0 bridgehead atoms. The van der Waals surface area contributed by atoms with Crippen molar-refractivity contribution in [3.8, 4) is 5.75 Å². The number of likely N-dealkylation sites (N-methyl/N-ethyl adjacent to an activating group) is 1. The topological polar surface area (TPSA) is 66.9 Å². The second kappa shape index (κ2) is 9.53. The van der Waals surface area contributed by atoms with E-state index in [1.54, 1.807) is 37.4 Å². The van der Waals surface area contributed by atoms with E-state index in [4.69, 9.17) is 4.74 Å². The SMILES string of the molecule is COc1ccc(S(=O)(=O)N(CC(=O)N(C)c2ccccc2)c2ccc(C)cc2)cc1Br. The van der Waals surface area contributed by atoms with Crippen molar-refractivity contribution in [1.29, 1.82) is 0 Å². The number of benzene rings is 3. The molecule has 0 spiro atoms. The fourth-order valence-corrected chi connectivity index (χ4v) is 5.12. The van der Waals surface area contributed by atoms with Gasteiger partial charge in [0.15, 0.2) is 0 Å². The van der Waals surface area contributed by atoms with Crippen molar-refractivity contribution in [3.63, 3.8) is 0 Å². The Bertz CT molecular complexity index is 1170. The smallest absolute Gasteiger partial charge is 0.264 e. The molecule has 3 aromatic rings. The van der Waals surface area contributed by atoms with E-state index < -0.39 is 10.0 Å². The minimum absolute atomic E-state index is 0.0518. The highest BCUT2D eigenvalue weighted by atomic mass is 79.9. The maximum absolute atomic E-state index is 13.6. The number of methoxy groups -OCH3 is 1. The Hall–Kier alpha value is -2.84. The van der Waals surface area contributed by atoms with Gasteiger partial charge in [-0.3, -0.25) is 9.10 Å². The Morgan fingerprint density at radius 2 is 1.61 bits per heavy atom. The highest BCUT2D eigenvalue weighted by Crippen LogP contribution is 2.31. The van der Waals surface area contributed by atoms with E-state index in [-0.39, 0.29) is 17.3 Å². The first kappa shape index (κ1) is 22.8. The van der Waals surface area contributed by atoms with Crippen molar-refractivity contribution in [3.05, 3.63) is 82.8 Å². The summed E-state index contributed by atoms with van der Waals surface area (Å²) in [5.41, 5.74) is 2.08. The molecule has 3 aromatic carbocycles. The molecule has 6 nitrogen and oxygen atoms in total. The molecular weight excluding hydrogens is 480 g/mol. The van der Waals surface area contributed by atoms with Gasteiger partial charge in [-0.05, 0) is 65.3 Å². The molecule has 31 heavy (non-hydrogen) atoms. The lowest BCUT2D eigenvalue weighted by Crippen LogP contribution is -2.41. The van der Waals surface area contributed by atoms with Crippen LogP contribution in [0.25, 0.3) is 0 Å². The van der Waals surface area contributed by atoms with Gasteiger partial charge in [-0.1, -0.05) is 35.9 Å². The molecule has 0 radical (unpaired) electrons. The van der Waals surface area contributed by atoms with Crippen molar-refractivity contribution in [2.75, 3.05) is 29.9 Å². The van der Waals surface area contributed by atoms with Gasteiger partial charge in [0.1, 0.15) is 12.3 Å². The number of sulfonamides is 1. The summed E-state index contributed by atoms with van der Waals surface area (Å²) in [7, 11) is -0.893. The van der Waals surface area contributed by atoms with Crippen LogP contribution in [0.3, 0.4) is 0 Å². The first-order chi connectivity index (χ1) is 14.7. The molecule has 0 saturated carbocycles. The minimum atomic E-state index is -4.02. The third kappa shape index (κ3) is 5.08. The number of rotatable bonds is 7. The number of hydrogen-bond acceptors (Lipinski definition) is 4. The molecule has 162 valence electrons. The van der Waals surface area contributed by atoms with Crippen molar-refractivity contribution in [2.45, 2.75) is 11.8 Å². The number of ether oxygens (including phenoxy) is 1. The summed E-state index contributed by atoms with van der Waals surface area (Å²) in [6, 6.07) is 20.6. The van der Waals surface area contributed by atoms with Gasteiger partial charge >= 0.3 is 0 Å². The molecule has 0 atom stereocenters. The first-order valence-corrected chi connectivity index (χ1v) is 11.7. The van der Waals surface area contributed by atoms with Crippen LogP contribution in [0.5, 0.6) is 5.75 Å². The van der Waals surface area contributed by atoms with E-state index >= 15 is 0 Å². The Kier molecular flexibility index (Phi) is 7.02. The molecule has 0 saturated heterocycles. The summed E-state index contributed by atoms with van der Waals surface area (Å²) in [6.45, 7) is 1.57. The van der Waals surface area contributed by atoms with Crippen molar-refractivity contribution >= 4 is 43.2 Å². The maximum Gasteiger partial charge on any atom is 0.264 e. The number of carbonyl (C=O) groups is 1. The molecule has 0 aliphatic heterocycles. The summed E-state index contributed by atoms with van der Waals surface area (Å²) in [4.78, 5) is 14.5. The average Bonchev–Trinajstić information content (AvgIpc) is 2.78. The monoisotopic (exact) mass is 502 g/mol. The van der Waals surface area contributed by atoms with E-state index in [9.17, 15) is 13.2 Å². The summed E-state index contributed by atoms with van der Waals surface area (Å²) in [6.07, 6.45) is 0. The molecule has 1 amide bonds. The molecule has 0 unspecified atom stereocenters. The van der Waals surface area contributed by atoms with E-state index in [2.05, 4.69) is 15.9 Å². The summed E-state index contributed by atoms with van der Waals surface area (Å²) >= 11 is 3.34. The molecule has 0 aliphatic carbocycles. The number of amides is 1. The van der Waals surface area contributed by atoms with E-state index in [0.717, 1.165) is 9.87 Å². The van der Waals surface area contributed by atoms with Crippen molar-refractivity contribution < 1.29 is 17.9 Å². The van der Waals surface area contributed by atoms with Crippen LogP contribution >= 0.6 is 15.9 Å². The average molecular weight is 503 g/mol. The van der Waals surface area contributed by atoms with Crippen molar-refractivity contribution in [2.24, 2.45) is 0 Å². The summed E-state index contributed by atoms with van der Waals surface area (Å²) in [5.74, 6) is 0.156. The van der Waals surface area contributed by atoms with Gasteiger partial charge < -0.3 is 9.64 Å². The lowest BCUT2D eigenvalue weighted by atomic mass is 10.2. The second-order valence-corrected chi connectivity index (χ2v) is 9.65. The number of anilines is 2. The summed E-state index contributed by atoms with van der Waals surface area (Å²) in [5, 5.41) is 0. The second-order valence-electron chi connectivity index (χ2n) is 6.93. The zero-order valence-corrected chi connectivity index (χ0v) is 19.9. The number of hydrogen-bond donors (Lipinski definition) is 0. The highest BCUT2D eigenvalue weighted by Gasteiger charge is 2.29. The van der Waals surface area contributed by atoms with Gasteiger partial charge in [0.05, 0.1) is 22.2 Å². The molecule has 8 heteroatoms. The van der Waals surface area contributed by atoms with Crippen LogP contribution in [-0.4, -0.2) is 35.0 Å². The number of nitrogens with zero attached hydrogens (tertiary/aromatic N) is 2. The fraction of sp³-hybridized carbons (Fsp3) is 0.174. The molecular formula is C23H23BrN2O4S. The van der Waals surface area contributed by atoms with Gasteiger partial charge in [-0.15, -0.1) is 0 Å². The van der Waals surface area contributed by atoms with Gasteiger partial charge in [-0.2, -0.15) is 0 Å². The quantitative estimate of drug-likeness (QED) is 0.472. The predicted molar refractivity (Wildman–Crippen MR) is 126 cm³/mol. The molecule has 0 heterocycles. The summed E-state index contributed by atoms with van der Waals surface area (Å²) < 4.78 is 33.9.